The number of piperidine rings is 1. The number of nitrogens with one attached hydrogen (secondary N) is 2. The quantitative estimate of drug-likeness (QED) is 0.235. The molecule has 10 nitrogen and oxygen atoms in total. The molecule has 0 aliphatic carbocycles. The summed E-state index contributed by atoms with van der Waals surface area (Å²) in [6.07, 6.45) is 2.48. The number of ether oxygens (including phenoxy) is 1. The summed E-state index contributed by atoms with van der Waals surface area (Å²) in [5, 5.41) is 18.9. The van der Waals surface area contributed by atoms with Crippen molar-refractivity contribution in [3.05, 3.63) is 39.7 Å². The van der Waals surface area contributed by atoms with Crippen LogP contribution in [0.3, 0.4) is 0 Å². The van der Waals surface area contributed by atoms with Crippen LogP contribution in [0.25, 0.3) is 32.1 Å². The standard InChI is InChI=1S/C33H36ClFN8O2S/c1-15(2)38-22-9-11-43(16(22)3)33-40-28-26(31(41-33)39-23-6-5-10-42(4)32(23)44)20-14-45-13-19(20)24(27(28)34)17-7-8-21(35)29-25(17)18(12-36)30(37)46-29/h7-8,15-16,22-23,38H,5-6,9-11,13-14,37H2,1-4H3,(H,39,40,41)/t16-,22-,23+/m0/s1. The molecule has 2 aromatic carbocycles. The van der Waals surface area contributed by atoms with E-state index in [1.54, 1.807) is 11.0 Å². The molecule has 3 aliphatic rings. The largest absolute Gasteiger partial charge is 0.389 e. The van der Waals surface area contributed by atoms with Crippen molar-refractivity contribution >= 4 is 66.6 Å². The van der Waals surface area contributed by atoms with E-state index >= 15 is 4.39 Å². The number of nitrogen functional groups attached to an aromatic ring is 1. The predicted molar refractivity (Wildman–Crippen MR) is 181 cm³/mol. The van der Waals surface area contributed by atoms with Crippen LogP contribution in [0.5, 0.6) is 0 Å². The Bertz CT molecular complexity index is 1940. The second kappa shape index (κ2) is 11.8. The van der Waals surface area contributed by atoms with Crippen LogP contribution in [0.4, 0.5) is 21.2 Å². The van der Waals surface area contributed by atoms with Gasteiger partial charge in [-0.2, -0.15) is 10.2 Å². The van der Waals surface area contributed by atoms with E-state index in [4.69, 9.17) is 32.0 Å². The van der Waals surface area contributed by atoms with Gasteiger partial charge in [0.05, 0.1) is 39.4 Å². The van der Waals surface area contributed by atoms with Gasteiger partial charge in [0.1, 0.15) is 28.7 Å². The number of aromatic nitrogens is 2. The number of thiophene rings is 1. The van der Waals surface area contributed by atoms with Crippen molar-refractivity contribution in [3.8, 4) is 17.2 Å². The molecule has 46 heavy (non-hydrogen) atoms. The lowest BCUT2D eigenvalue weighted by Crippen LogP contribution is -2.46. The maximum absolute atomic E-state index is 15.1. The molecule has 1 amide bonds. The van der Waals surface area contributed by atoms with E-state index in [1.807, 2.05) is 7.05 Å². The molecule has 0 radical (unpaired) electrons. The van der Waals surface area contributed by atoms with Crippen LogP contribution in [0, 0.1) is 17.1 Å². The maximum atomic E-state index is 15.1. The Kier molecular flexibility index (Phi) is 7.92. The highest BCUT2D eigenvalue weighted by molar-refractivity contribution is 7.23. The molecule has 4 aromatic rings. The van der Waals surface area contributed by atoms with Crippen LogP contribution in [0.15, 0.2) is 12.1 Å². The Hall–Kier alpha value is -3.76. The Morgan fingerprint density at radius 3 is 2.74 bits per heavy atom. The fourth-order valence-electron chi connectivity index (χ4n) is 7.25. The summed E-state index contributed by atoms with van der Waals surface area (Å²) in [5.41, 5.74) is 9.84. The summed E-state index contributed by atoms with van der Waals surface area (Å²) in [7, 11) is 1.82. The van der Waals surface area contributed by atoms with Crippen LogP contribution in [-0.4, -0.2) is 65.1 Å². The number of carbonyl (C=O) groups excluding carboxylic acids is 1. The Morgan fingerprint density at radius 2 is 1.98 bits per heavy atom. The molecule has 4 N–H and O–H groups in total. The number of amides is 1. The van der Waals surface area contributed by atoms with E-state index in [2.05, 4.69) is 42.4 Å². The molecule has 5 heterocycles. The van der Waals surface area contributed by atoms with E-state index < -0.39 is 11.9 Å². The zero-order valence-electron chi connectivity index (χ0n) is 26.2. The molecule has 3 atom stereocenters. The molecule has 0 unspecified atom stereocenters. The lowest BCUT2D eigenvalue weighted by atomic mass is 9.91. The fourth-order valence-corrected chi connectivity index (χ4v) is 8.55. The molecule has 13 heteroatoms. The van der Waals surface area contributed by atoms with Crippen molar-refractivity contribution < 1.29 is 13.9 Å². The number of likely N-dealkylation sites (N-methyl/N-ethyl adjacent to an activating group) is 1. The van der Waals surface area contributed by atoms with Gasteiger partial charge in [-0.15, -0.1) is 11.3 Å². The molecule has 2 aromatic heterocycles. The second-order valence-electron chi connectivity index (χ2n) is 12.7. The summed E-state index contributed by atoms with van der Waals surface area (Å²) in [6.45, 7) is 8.45. The summed E-state index contributed by atoms with van der Waals surface area (Å²) >= 11 is 8.45. The number of fused-ring (bicyclic) bond motifs is 4. The van der Waals surface area contributed by atoms with Crippen LogP contribution in [0.2, 0.25) is 5.02 Å². The molecule has 3 aliphatic heterocycles. The number of carbonyl (C=O) groups is 1. The number of hydrogen-bond acceptors (Lipinski definition) is 10. The van der Waals surface area contributed by atoms with Crippen molar-refractivity contribution in [1.29, 1.82) is 5.26 Å². The van der Waals surface area contributed by atoms with Crippen molar-refractivity contribution in [2.24, 2.45) is 0 Å². The number of likely N-dealkylation sites (tertiary alicyclic amines) is 1. The van der Waals surface area contributed by atoms with Crippen LogP contribution < -0.4 is 21.3 Å². The third-order valence-corrected chi connectivity index (χ3v) is 10.9. The first-order valence-electron chi connectivity index (χ1n) is 15.7. The van der Waals surface area contributed by atoms with Gasteiger partial charge < -0.3 is 30.9 Å². The minimum absolute atomic E-state index is 0.0127. The van der Waals surface area contributed by atoms with Crippen LogP contribution in [0.1, 0.15) is 56.7 Å². The van der Waals surface area contributed by atoms with E-state index in [9.17, 15) is 10.1 Å². The molecule has 2 saturated heterocycles. The summed E-state index contributed by atoms with van der Waals surface area (Å²) in [6, 6.07) is 5.45. The monoisotopic (exact) mass is 662 g/mol. The van der Waals surface area contributed by atoms with Gasteiger partial charge in [-0.1, -0.05) is 31.5 Å². The predicted octanol–water partition coefficient (Wildman–Crippen LogP) is 5.79. The summed E-state index contributed by atoms with van der Waals surface area (Å²) in [5.74, 6) is 0.616. The minimum atomic E-state index is -0.451. The number of nitrogens with two attached hydrogens (primary N) is 1. The van der Waals surface area contributed by atoms with E-state index in [0.29, 0.717) is 67.9 Å². The van der Waals surface area contributed by atoms with Crippen molar-refractivity contribution in [3.63, 3.8) is 0 Å². The highest BCUT2D eigenvalue weighted by atomic mass is 35.5. The third kappa shape index (κ3) is 4.92. The molecule has 240 valence electrons. The van der Waals surface area contributed by atoms with Gasteiger partial charge >= 0.3 is 0 Å². The molecule has 0 bridgehead atoms. The van der Waals surface area contributed by atoms with Crippen molar-refractivity contribution in [2.75, 3.05) is 36.1 Å². The van der Waals surface area contributed by atoms with Gasteiger partial charge in [-0.25, -0.2) is 9.37 Å². The van der Waals surface area contributed by atoms with Gasteiger partial charge in [0.25, 0.3) is 0 Å². The molecule has 0 spiro atoms. The number of anilines is 3. The van der Waals surface area contributed by atoms with E-state index in [1.165, 1.54) is 6.07 Å². The normalized spacial score (nSPS) is 21.5. The number of benzene rings is 2. The molecular weight excluding hydrogens is 627 g/mol. The average Bonchev–Trinajstić information content (AvgIpc) is 3.73. The van der Waals surface area contributed by atoms with Gasteiger partial charge in [0.2, 0.25) is 11.9 Å². The lowest BCUT2D eigenvalue weighted by molar-refractivity contribution is -0.132. The van der Waals surface area contributed by atoms with Gasteiger partial charge in [-0.3, -0.25) is 4.79 Å². The molecule has 2 fully saturated rings. The second-order valence-corrected chi connectivity index (χ2v) is 14.2. The number of nitrogens with zero attached hydrogens (tertiary/aromatic N) is 5. The van der Waals surface area contributed by atoms with Gasteiger partial charge in [-0.05, 0) is 48.9 Å². The Morgan fingerprint density at radius 1 is 1.20 bits per heavy atom. The first kappa shape index (κ1) is 30.9. The highest BCUT2D eigenvalue weighted by Crippen LogP contribution is 2.49. The van der Waals surface area contributed by atoms with E-state index in [0.717, 1.165) is 41.9 Å². The van der Waals surface area contributed by atoms with Crippen LogP contribution in [-0.2, 0) is 22.7 Å². The summed E-state index contributed by atoms with van der Waals surface area (Å²) in [4.78, 5) is 27.4. The first-order chi connectivity index (χ1) is 22.1. The van der Waals surface area contributed by atoms with Gasteiger partial charge in [0, 0.05) is 49.2 Å². The zero-order valence-corrected chi connectivity index (χ0v) is 27.8. The van der Waals surface area contributed by atoms with Gasteiger partial charge in [0.15, 0.2) is 0 Å². The smallest absolute Gasteiger partial charge is 0.244 e. The SMILES string of the molecule is CC(C)N[C@H]1CCN(c2nc(N[C@@H]3CCCN(C)C3=O)c3c4c(c(-c5ccc(F)c6sc(N)c(C#N)c56)c(Cl)c3n2)COC4)[C@H]1C. The molecular formula is C33H36ClFN8O2S. The molecule has 7 rings (SSSR count). The minimum Gasteiger partial charge on any atom is -0.389 e. The molecule has 0 saturated carbocycles. The third-order valence-electron chi connectivity index (χ3n) is 9.52. The van der Waals surface area contributed by atoms with Crippen molar-refractivity contribution in [1.82, 2.24) is 20.2 Å². The number of hydrogen-bond donors (Lipinski definition) is 3. The maximum Gasteiger partial charge on any atom is 0.244 e. The number of halogens is 2. The Labute approximate surface area is 275 Å². The Balaban J connectivity index is 1.48. The topological polar surface area (TPSA) is 132 Å². The lowest BCUT2D eigenvalue weighted by Gasteiger charge is -2.31. The average molecular weight is 663 g/mol. The van der Waals surface area contributed by atoms with E-state index in [-0.39, 0.29) is 41.8 Å². The zero-order chi connectivity index (χ0) is 32.4. The number of rotatable bonds is 6. The first-order valence-corrected chi connectivity index (χ1v) is 16.9. The highest BCUT2D eigenvalue weighted by Gasteiger charge is 2.36. The van der Waals surface area contributed by atoms with Crippen molar-refractivity contribution in [2.45, 2.75) is 77.4 Å². The fraction of sp³-hybridized carbons (Fsp3) is 0.455. The summed E-state index contributed by atoms with van der Waals surface area (Å²) < 4.78 is 21.4. The van der Waals surface area contributed by atoms with Crippen LogP contribution >= 0.6 is 22.9 Å². The number of nitriles is 1.